The minimum atomic E-state index is 0.0383. The van der Waals surface area contributed by atoms with Gasteiger partial charge in [-0.05, 0) is 41.8 Å². The molecule has 0 saturated carbocycles. The fourth-order valence-electron chi connectivity index (χ4n) is 2.78. The van der Waals surface area contributed by atoms with Crippen LogP contribution in [-0.4, -0.2) is 24.1 Å². The monoisotopic (exact) mass is 293 g/mol. The Balaban J connectivity index is 1.58. The Kier molecular flexibility index (Phi) is 3.07. The molecular formula is C18H15NO3. The minimum Gasteiger partial charge on any atom is -0.454 e. The third kappa shape index (κ3) is 2.22. The zero-order valence-electron chi connectivity index (χ0n) is 12.0. The first-order valence-corrected chi connectivity index (χ1v) is 7.28. The van der Waals surface area contributed by atoms with E-state index >= 15 is 0 Å². The molecule has 4 rings (SSSR count). The first kappa shape index (κ1) is 13.0. The molecule has 4 heteroatoms. The molecule has 2 aliphatic rings. The van der Waals surface area contributed by atoms with Crippen LogP contribution in [0.15, 0.2) is 54.7 Å². The van der Waals surface area contributed by atoms with Crippen LogP contribution in [-0.2, 0) is 0 Å². The zero-order chi connectivity index (χ0) is 14.9. The number of hydrogen-bond donors (Lipinski definition) is 0. The van der Waals surface area contributed by atoms with Crippen molar-refractivity contribution < 1.29 is 14.3 Å². The number of amides is 1. The molecule has 1 amide bonds. The van der Waals surface area contributed by atoms with Crippen molar-refractivity contribution in [2.75, 3.05) is 13.3 Å². The number of nitrogens with zero attached hydrogens (tertiary/aromatic N) is 1. The van der Waals surface area contributed by atoms with Gasteiger partial charge in [0.2, 0.25) is 6.79 Å². The Morgan fingerprint density at radius 3 is 2.68 bits per heavy atom. The van der Waals surface area contributed by atoms with Crippen molar-refractivity contribution in [1.29, 1.82) is 0 Å². The van der Waals surface area contributed by atoms with Crippen molar-refractivity contribution in [2.24, 2.45) is 0 Å². The SMILES string of the molecule is O=C(c1ccccc1)N1C=C(c2ccc3c(c2)OCO3)CC1. The first-order valence-electron chi connectivity index (χ1n) is 7.28. The van der Waals surface area contributed by atoms with Crippen LogP contribution in [0.5, 0.6) is 11.5 Å². The standard InChI is InChI=1S/C18H15NO3/c20-18(13-4-2-1-3-5-13)19-9-8-15(11-19)14-6-7-16-17(10-14)22-12-21-16/h1-7,10-11H,8-9,12H2. The molecule has 2 aliphatic heterocycles. The highest BCUT2D eigenvalue weighted by Crippen LogP contribution is 2.36. The molecule has 0 saturated heterocycles. The second-order valence-electron chi connectivity index (χ2n) is 5.34. The van der Waals surface area contributed by atoms with E-state index in [1.807, 2.05) is 54.7 Å². The first-order chi connectivity index (χ1) is 10.8. The largest absolute Gasteiger partial charge is 0.454 e. The Morgan fingerprint density at radius 2 is 1.82 bits per heavy atom. The summed E-state index contributed by atoms with van der Waals surface area (Å²) in [5.74, 6) is 1.59. The summed E-state index contributed by atoms with van der Waals surface area (Å²) in [6, 6.07) is 15.3. The lowest BCUT2D eigenvalue weighted by atomic mass is 10.1. The van der Waals surface area contributed by atoms with Crippen LogP contribution in [0.2, 0.25) is 0 Å². The van der Waals surface area contributed by atoms with E-state index in [-0.39, 0.29) is 12.7 Å². The maximum absolute atomic E-state index is 12.4. The predicted molar refractivity (Wildman–Crippen MR) is 82.6 cm³/mol. The summed E-state index contributed by atoms with van der Waals surface area (Å²) in [4.78, 5) is 14.2. The fraction of sp³-hybridized carbons (Fsp3) is 0.167. The zero-order valence-corrected chi connectivity index (χ0v) is 12.0. The lowest BCUT2D eigenvalue weighted by Gasteiger charge is -2.12. The van der Waals surface area contributed by atoms with Crippen molar-refractivity contribution in [3.05, 3.63) is 65.9 Å². The maximum atomic E-state index is 12.4. The van der Waals surface area contributed by atoms with Crippen LogP contribution in [0.4, 0.5) is 0 Å². The molecule has 0 bridgehead atoms. The van der Waals surface area contributed by atoms with E-state index in [1.54, 1.807) is 4.90 Å². The molecule has 110 valence electrons. The molecule has 0 spiro atoms. The van der Waals surface area contributed by atoms with Crippen LogP contribution < -0.4 is 9.47 Å². The number of fused-ring (bicyclic) bond motifs is 1. The summed E-state index contributed by atoms with van der Waals surface area (Å²) in [7, 11) is 0. The van der Waals surface area contributed by atoms with Gasteiger partial charge < -0.3 is 14.4 Å². The number of benzene rings is 2. The molecule has 2 heterocycles. The molecule has 0 N–H and O–H groups in total. The topological polar surface area (TPSA) is 38.8 Å². The second-order valence-corrected chi connectivity index (χ2v) is 5.34. The van der Waals surface area contributed by atoms with Crippen molar-refractivity contribution in [3.63, 3.8) is 0 Å². The van der Waals surface area contributed by atoms with Crippen LogP contribution in [0.25, 0.3) is 5.57 Å². The van der Waals surface area contributed by atoms with Gasteiger partial charge in [-0.25, -0.2) is 0 Å². The van der Waals surface area contributed by atoms with Crippen molar-refractivity contribution in [3.8, 4) is 11.5 Å². The van der Waals surface area contributed by atoms with E-state index in [4.69, 9.17) is 9.47 Å². The lowest BCUT2D eigenvalue weighted by molar-refractivity contribution is 0.0833. The average Bonchev–Trinajstić information content (AvgIpc) is 3.23. The molecule has 0 radical (unpaired) electrons. The molecule has 2 aromatic carbocycles. The van der Waals surface area contributed by atoms with Crippen molar-refractivity contribution >= 4 is 11.5 Å². The maximum Gasteiger partial charge on any atom is 0.257 e. The Morgan fingerprint density at radius 1 is 1.00 bits per heavy atom. The summed E-state index contributed by atoms with van der Waals surface area (Å²) in [5, 5.41) is 0. The number of rotatable bonds is 2. The highest BCUT2D eigenvalue weighted by atomic mass is 16.7. The van der Waals surface area contributed by atoms with E-state index in [2.05, 4.69) is 0 Å². The normalized spacial score (nSPS) is 15.8. The average molecular weight is 293 g/mol. The van der Waals surface area contributed by atoms with Crippen molar-refractivity contribution in [2.45, 2.75) is 6.42 Å². The van der Waals surface area contributed by atoms with Gasteiger partial charge in [0.05, 0.1) is 0 Å². The van der Waals surface area contributed by atoms with Gasteiger partial charge in [0.1, 0.15) is 0 Å². The molecule has 0 aromatic heterocycles. The Bertz CT molecular complexity index is 752. The van der Waals surface area contributed by atoms with Crippen LogP contribution >= 0.6 is 0 Å². The van der Waals surface area contributed by atoms with E-state index in [0.29, 0.717) is 12.1 Å². The molecule has 0 unspecified atom stereocenters. The molecule has 2 aromatic rings. The summed E-state index contributed by atoms with van der Waals surface area (Å²) < 4.78 is 10.7. The summed E-state index contributed by atoms with van der Waals surface area (Å²) in [6.07, 6.45) is 2.78. The quantitative estimate of drug-likeness (QED) is 0.852. The lowest BCUT2D eigenvalue weighted by Crippen LogP contribution is -2.23. The fourth-order valence-corrected chi connectivity index (χ4v) is 2.78. The highest BCUT2D eigenvalue weighted by Gasteiger charge is 2.22. The summed E-state index contributed by atoms with van der Waals surface area (Å²) >= 11 is 0. The third-order valence-electron chi connectivity index (χ3n) is 3.96. The molecular weight excluding hydrogens is 278 g/mol. The number of hydrogen-bond acceptors (Lipinski definition) is 3. The van der Waals surface area contributed by atoms with E-state index < -0.39 is 0 Å². The van der Waals surface area contributed by atoms with Gasteiger partial charge in [0, 0.05) is 18.3 Å². The Labute approximate surface area is 128 Å². The second kappa shape index (κ2) is 5.22. The summed E-state index contributed by atoms with van der Waals surface area (Å²) in [6.45, 7) is 0.980. The van der Waals surface area contributed by atoms with Gasteiger partial charge in [0.15, 0.2) is 11.5 Å². The number of ether oxygens (including phenoxy) is 2. The van der Waals surface area contributed by atoms with E-state index in [0.717, 1.165) is 29.1 Å². The van der Waals surface area contributed by atoms with Gasteiger partial charge >= 0.3 is 0 Å². The minimum absolute atomic E-state index is 0.0383. The number of carbonyl (C=O) groups is 1. The Hall–Kier alpha value is -2.75. The van der Waals surface area contributed by atoms with Crippen LogP contribution in [0.3, 0.4) is 0 Å². The predicted octanol–water partition coefficient (Wildman–Crippen LogP) is 3.30. The number of carbonyl (C=O) groups excluding carboxylic acids is 1. The van der Waals surface area contributed by atoms with E-state index in [9.17, 15) is 4.79 Å². The third-order valence-corrected chi connectivity index (χ3v) is 3.96. The molecule has 0 aliphatic carbocycles. The van der Waals surface area contributed by atoms with Gasteiger partial charge in [-0.3, -0.25) is 4.79 Å². The van der Waals surface area contributed by atoms with Crippen LogP contribution in [0, 0.1) is 0 Å². The molecule has 0 fully saturated rings. The van der Waals surface area contributed by atoms with Crippen LogP contribution in [0.1, 0.15) is 22.3 Å². The highest BCUT2D eigenvalue weighted by molar-refractivity contribution is 5.96. The molecule has 22 heavy (non-hydrogen) atoms. The molecule has 4 nitrogen and oxygen atoms in total. The molecule has 0 atom stereocenters. The smallest absolute Gasteiger partial charge is 0.257 e. The van der Waals surface area contributed by atoms with Gasteiger partial charge in [0.25, 0.3) is 5.91 Å². The summed E-state index contributed by atoms with van der Waals surface area (Å²) in [5.41, 5.74) is 2.93. The van der Waals surface area contributed by atoms with Gasteiger partial charge in [-0.1, -0.05) is 24.3 Å². The van der Waals surface area contributed by atoms with Gasteiger partial charge in [-0.2, -0.15) is 0 Å². The van der Waals surface area contributed by atoms with Gasteiger partial charge in [-0.15, -0.1) is 0 Å². The van der Waals surface area contributed by atoms with E-state index in [1.165, 1.54) is 0 Å². The van der Waals surface area contributed by atoms with Crippen molar-refractivity contribution in [1.82, 2.24) is 4.90 Å².